The molecule has 0 amide bonds. The van der Waals surface area contributed by atoms with Gasteiger partial charge in [0.15, 0.2) is 0 Å². The summed E-state index contributed by atoms with van der Waals surface area (Å²) in [5.41, 5.74) is 1.29. The summed E-state index contributed by atoms with van der Waals surface area (Å²) < 4.78 is 5.50. The molecular weight excluding hydrogens is 168 g/mol. The second kappa shape index (κ2) is 4.93. The van der Waals surface area contributed by atoms with E-state index in [2.05, 4.69) is 40.0 Å². The Bertz CT molecular complexity index is 156. The third-order valence-electron chi connectivity index (χ3n) is 1.59. The van der Waals surface area contributed by atoms with Crippen molar-refractivity contribution in [3.05, 3.63) is 11.0 Å². The number of hydrogen-bond acceptors (Lipinski definition) is 2. The molecule has 0 fully saturated rings. The zero-order chi connectivity index (χ0) is 9.78. The molecule has 0 spiro atoms. The highest BCUT2D eigenvalue weighted by Gasteiger charge is 2.09. The number of thioether (sulfide) groups is 1. The fraction of sp³-hybridized carbons (Fsp3) is 0.800. The molecule has 0 saturated carbocycles. The Labute approximate surface area is 80.6 Å². The van der Waals surface area contributed by atoms with E-state index in [1.165, 1.54) is 5.57 Å². The van der Waals surface area contributed by atoms with Gasteiger partial charge in [-0.25, -0.2) is 0 Å². The molecule has 0 aliphatic heterocycles. The average molecular weight is 188 g/mol. The van der Waals surface area contributed by atoms with Gasteiger partial charge in [0.2, 0.25) is 0 Å². The normalized spacial score (nSPS) is 16.3. The molecular formula is C10H20OS. The van der Waals surface area contributed by atoms with Crippen molar-refractivity contribution in [2.45, 2.75) is 45.5 Å². The standard InChI is InChI=1S/C10H20OS/c1-8(9(2)11-6)7-12-10(3,4)5/h7,9H,1-6H3. The van der Waals surface area contributed by atoms with Crippen LogP contribution in [0.4, 0.5) is 0 Å². The van der Waals surface area contributed by atoms with E-state index in [4.69, 9.17) is 4.74 Å². The lowest BCUT2D eigenvalue weighted by Gasteiger charge is -2.16. The molecule has 0 aromatic carbocycles. The quantitative estimate of drug-likeness (QED) is 0.671. The van der Waals surface area contributed by atoms with Gasteiger partial charge >= 0.3 is 0 Å². The fourth-order valence-corrected chi connectivity index (χ4v) is 1.28. The van der Waals surface area contributed by atoms with Gasteiger partial charge in [-0.1, -0.05) is 20.8 Å². The van der Waals surface area contributed by atoms with Crippen LogP contribution in [0.3, 0.4) is 0 Å². The molecule has 0 N–H and O–H groups in total. The van der Waals surface area contributed by atoms with Crippen LogP contribution < -0.4 is 0 Å². The van der Waals surface area contributed by atoms with Crippen molar-refractivity contribution in [1.29, 1.82) is 0 Å². The van der Waals surface area contributed by atoms with Crippen LogP contribution >= 0.6 is 11.8 Å². The van der Waals surface area contributed by atoms with Crippen molar-refractivity contribution in [3.63, 3.8) is 0 Å². The number of methoxy groups -OCH3 is 1. The second-order valence-corrected chi connectivity index (χ2v) is 5.67. The van der Waals surface area contributed by atoms with Crippen LogP contribution in [0.25, 0.3) is 0 Å². The summed E-state index contributed by atoms with van der Waals surface area (Å²) in [5, 5.41) is 2.19. The van der Waals surface area contributed by atoms with Gasteiger partial charge in [0.1, 0.15) is 0 Å². The third kappa shape index (κ3) is 5.67. The third-order valence-corrected chi connectivity index (χ3v) is 2.79. The van der Waals surface area contributed by atoms with Crippen molar-refractivity contribution in [2.24, 2.45) is 0 Å². The van der Waals surface area contributed by atoms with Crippen LogP contribution in [-0.2, 0) is 4.74 Å². The van der Waals surface area contributed by atoms with Crippen molar-refractivity contribution in [1.82, 2.24) is 0 Å². The van der Waals surface area contributed by atoms with Crippen LogP contribution in [0.2, 0.25) is 0 Å². The molecule has 2 heteroatoms. The molecule has 12 heavy (non-hydrogen) atoms. The Morgan fingerprint density at radius 2 is 1.92 bits per heavy atom. The molecule has 0 radical (unpaired) electrons. The minimum atomic E-state index is 0.236. The molecule has 1 unspecified atom stereocenters. The maximum Gasteiger partial charge on any atom is 0.0758 e. The van der Waals surface area contributed by atoms with Crippen molar-refractivity contribution in [3.8, 4) is 0 Å². The highest BCUT2D eigenvalue weighted by atomic mass is 32.2. The van der Waals surface area contributed by atoms with Crippen LogP contribution in [0.1, 0.15) is 34.6 Å². The first-order valence-electron chi connectivity index (χ1n) is 4.24. The molecule has 0 aromatic rings. The summed E-state index contributed by atoms with van der Waals surface area (Å²) in [4.78, 5) is 0. The topological polar surface area (TPSA) is 9.23 Å². The highest BCUT2D eigenvalue weighted by molar-refractivity contribution is 8.03. The number of hydrogen-bond donors (Lipinski definition) is 0. The van der Waals surface area contributed by atoms with Gasteiger partial charge in [-0.05, 0) is 24.8 Å². The monoisotopic (exact) mass is 188 g/mol. The zero-order valence-corrected chi connectivity index (χ0v) is 9.79. The van der Waals surface area contributed by atoms with Crippen LogP contribution in [0.5, 0.6) is 0 Å². The molecule has 0 aliphatic carbocycles. The van der Waals surface area contributed by atoms with Gasteiger partial charge in [0.25, 0.3) is 0 Å². The van der Waals surface area contributed by atoms with E-state index in [9.17, 15) is 0 Å². The van der Waals surface area contributed by atoms with Crippen molar-refractivity contribution < 1.29 is 4.74 Å². The summed E-state index contributed by atoms with van der Waals surface area (Å²) >= 11 is 1.84. The van der Waals surface area contributed by atoms with Gasteiger partial charge in [0.05, 0.1) is 6.10 Å². The lowest BCUT2D eigenvalue weighted by Crippen LogP contribution is -2.08. The van der Waals surface area contributed by atoms with Crippen molar-refractivity contribution >= 4 is 11.8 Å². The maximum absolute atomic E-state index is 5.20. The molecule has 0 saturated heterocycles. The lowest BCUT2D eigenvalue weighted by molar-refractivity contribution is 0.147. The SMILES string of the molecule is COC(C)C(C)=CSC(C)(C)C. The first-order valence-corrected chi connectivity index (χ1v) is 5.12. The fourth-order valence-electron chi connectivity index (χ4n) is 0.551. The molecule has 0 aliphatic rings. The molecule has 0 heterocycles. The van der Waals surface area contributed by atoms with Gasteiger partial charge in [-0.2, -0.15) is 0 Å². The van der Waals surface area contributed by atoms with Crippen LogP contribution in [0, 0.1) is 0 Å². The van der Waals surface area contributed by atoms with Gasteiger partial charge in [-0.15, -0.1) is 11.8 Å². The average Bonchev–Trinajstić information content (AvgIpc) is 1.97. The predicted molar refractivity (Wildman–Crippen MR) is 57.6 cm³/mol. The summed E-state index contributed by atoms with van der Waals surface area (Å²) in [6.45, 7) is 10.8. The first-order chi connectivity index (χ1) is 5.37. The van der Waals surface area contributed by atoms with E-state index >= 15 is 0 Å². The Balaban J connectivity index is 4.01. The van der Waals surface area contributed by atoms with E-state index in [0.717, 1.165) is 0 Å². The van der Waals surface area contributed by atoms with Crippen molar-refractivity contribution in [2.75, 3.05) is 7.11 Å². The minimum Gasteiger partial charge on any atom is -0.377 e. The van der Waals surface area contributed by atoms with E-state index in [-0.39, 0.29) is 6.10 Å². The molecule has 0 bridgehead atoms. The Kier molecular flexibility index (Phi) is 4.95. The largest absolute Gasteiger partial charge is 0.377 e. The van der Waals surface area contributed by atoms with E-state index in [1.54, 1.807) is 7.11 Å². The van der Waals surface area contributed by atoms with Crippen LogP contribution in [-0.4, -0.2) is 18.0 Å². The van der Waals surface area contributed by atoms with Crippen LogP contribution in [0.15, 0.2) is 11.0 Å². The second-order valence-electron chi connectivity index (χ2n) is 3.97. The Morgan fingerprint density at radius 3 is 2.25 bits per heavy atom. The highest BCUT2D eigenvalue weighted by Crippen LogP contribution is 2.26. The zero-order valence-electron chi connectivity index (χ0n) is 8.97. The predicted octanol–water partition coefficient (Wildman–Crippen LogP) is 3.46. The van der Waals surface area contributed by atoms with E-state index in [0.29, 0.717) is 4.75 Å². The maximum atomic E-state index is 5.20. The summed E-state index contributed by atoms with van der Waals surface area (Å²) in [6, 6.07) is 0. The number of ether oxygens (including phenoxy) is 1. The Hall–Kier alpha value is 0.0500. The lowest BCUT2D eigenvalue weighted by atomic mass is 10.2. The summed E-state index contributed by atoms with van der Waals surface area (Å²) in [6.07, 6.45) is 0.236. The molecule has 1 nitrogen and oxygen atoms in total. The van der Waals surface area contributed by atoms with Gasteiger partial charge in [-0.3, -0.25) is 0 Å². The molecule has 0 aromatic heterocycles. The first kappa shape index (κ1) is 12.0. The van der Waals surface area contributed by atoms with E-state index < -0.39 is 0 Å². The summed E-state index contributed by atoms with van der Waals surface area (Å²) in [5.74, 6) is 0. The number of rotatable bonds is 3. The molecule has 0 rings (SSSR count). The summed E-state index contributed by atoms with van der Waals surface area (Å²) in [7, 11) is 1.74. The molecule has 72 valence electrons. The molecule has 1 atom stereocenters. The minimum absolute atomic E-state index is 0.236. The van der Waals surface area contributed by atoms with Gasteiger partial charge < -0.3 is 4.74 Å². The smallest absolute Gasteiger partial charge is 0.0758 e. The van der Waals surface area contributed by atoms with E-state index in [1.807, 2.05) is 11.8 Å². The van der Waals surface area contributed by atoms with Gasteiger partial charge in [0, 0.05) is 11.9 Å². The Morgan fingerprint density at radius 1 is 1.42 bits per heavy atom.